The van der Waals surface area contributed by atoms with Gasteiger partial charge in [0.15, 0.2) is 23.1 Å². The van der Waals surface area contributed by atoms with Gasteiger partial charge in [-0.15, -0.1) is 15.3 Å². The zero-order chi connectivity index (χ0) is 28.0. The highest BCUT2D eigenvalue weighted by Crippen LogP contribution is 2.34. The Hall–Kier alpha value is -4.26. The van der Waals surface area contributed by atoms with Crippen LogP contribution in [-0.4, -0.2) is 89.5 Å². The summed E-state index contributed by atoms with van der Waals surface area (Å²) in [6.07, 6.45) is 6.87. The molecule has 0 saturated heterocycles. The Morgan fingerprint density at radius 2 is 1.74 bits per heavy atom. The van der Waals surface area contributed by atoms with Crippen molar-refractivity contribution in [3.05, 3.63) is 30.4 Å². The van der Waals surface area contributed by atoms with E-state index in [0.717, 1.165) is 6.42 Å². The van der Waals surface area contributed by atoms with E-state index in [0.29, 0.717) is 55.5 Å². The summed E-state index contributed by atoms with van der Waals surface area (Å²) in [5, 5.41) is 32.6. The van der Waals surface area contributed by atoms with Crippen LogP contribution in [-0.2, 0) is 14.2 Å². The van der Waals surface area contributed by atoms with Gasteiger partial charge in [-0.3, -0.25) is 4.98 Å². The summed E-state index contributed by atoms with van der Waals surface area (Å²) in [6.45, 7) is 5.96. The molecule has 2 atom stereocenters. The van der Waals surface area contributed by atoms with Crippen LogP contribution in [0.25, 0.3) is 5.82 Å². The number of rotatable bonds is 16. The number of anilines is 3. The molecule has 15 heteroatoms. The third kappa shape index (κ3) is 8.64. The molecule has 3 aromatic heterocycles. The highest BCUT2D eigenvalue weighted by Gasteiger charge is 2.19. The molecule has 3 heterocycles. The summed E-state index contributed by atoms with van der Waals surface area (Å²) in [5.74, 6) is 1.79. The molecule has 0 radical (unpaired) electrons. The van der Waals surface area contributed by atoms with E-state index in [9.17, 15) is 5.26 Å². The molecule has 0 spiro atoms. The van der Waals surface area contributed by atoms with Gasteiger partial charge >= 0.3 is 0 Å². The first-order valence-corrected chi connectivity index (χ1v) is 12.3. The quantitative estimate of drug-likeness (QED) is 0.179. The van der Waals surface area contributed by atoms with E-state index in [1.807, 2.05) is 13.8 Å². The molecule has 3 rings (SSSR count). The molecule has 0 saturated carbocycles. The maximum atomic E-state index is 9.66. The lowest BCUT2D eigenvalue weighted by Gasteiger charge is -2.19. The molecule has 0 aromatic carbocycles. The minimum atomic E-state index is -0.102. The Bertz CT molecular complexity index is 1250. The van der Waals surface area contributed by atoms with E-state index in [2.05, 4.69) is 57.3 Å². The molecular weight excluding hydrogens is 504 g/mol. The van der Waals surface area contributed by atoms with Crippen LogP contribution in [0, 0.1) is 11.3 Å². The molecule has 39 heavy (non-hydrogen) atoms. The van der Waals surface area contributed by atoms with E-state index in [1.165, 1.54) is 23.3 Å². The minimum Gasteiger partial charge on any atom is -0.385 e. The minimum absolute atomic E-state index is 0.0451. The SMILES string of the molecule is COCCCNc1nc(NC(C)COC)nc(NC(C)COC)c1N=Nc1nn(-c2cnccn2)cc1C#N. The Morgan fingerprint density at radius 1 is 1.00 bits per heavy atom. The van der Waals surface area contributed by atoms with Crippen molar-refractivity contribution in [2.24, 2.45) is 10.2 Å². The summed E-state index contributed by atoms with van der Waals surface area (Å²) >= 11 is 0. The molecule has 0 aliphatic heterocycles. The van der Waals surface area contributed by atoms with Gasteiger partial charge in [-0.1, -0.05) is 0 Å². The third-order valence-electron chi connectivity index (χ3n) is 5.14. The second-order valence-electron chi connectivity index (χ2n) is 8.55. The second-order valence-corrected chi connectivity index (χ2v) is 8.55. The number of nitriles is 1. The van der Waals surface area contributed by atoms with Crippen LogP contribution in [0.2, 0.25) is 0 Å². The Morgan fingerprint density at radius 3 is 2.41 bits per heavy atom. The number of azo groups is 1. The molecule has 15 nitrogen and oxygen atoms in total. The molecule has 2 unspecified atom stereocenters. The molecule has 0 amide bonds. The standard InChI is InChI=1S/C24H34N12O3/c1-16(14-38-4)29-23-20(22(28-7-6-10-37-3)31-24(32-23)30-17(2)15-39-5)33-34-21-18(11-25)13-36(35-21)19-12-26-8-9-27-19/h8-9,12-13,16-17H,6-7,10,14-15H2,1-5H3,(H3,28,29,30,31,32). The fourth-order valence-corrected chi connectivity index (χ4v) is 3.44. The number of nitrogens with zero attached hydrogens (tertiary/aromatic N) is 9. The van der Waals surface area contributed by atoms with Gasteiger partial charge < -0.3 is 30.2 Å². The Kier molecular flexibility index (Phi) is 11.4. The van der Waals surface area contributed by atoms with Gasteiger partial charge in [0.2, 0.25) is 11.8 Å². The van der Waals surface area contributed by atoms with Crippen LogP contribution >= 0.6 is 0 Å². The van der Waals surface area contributed by atoms with Gasteiger partial charge in [-0.25, -0.2) is 9.67 Å². The third-order valence-corrected chi connectivity index (χ3v) is 5.14. The lowest BCUT2D eigenvalue weighted by atomic mass is 10.3. The fourth-order valence-electron chi connectivity index (χ4n) is 3.44. The molecular formula is C24H34N12O3. The van der Waals surface area contributed by atoms with Crippen molar-refractivity contribution in [3.8, 4) is 11.9 Å². The number of aromatic nitrogens is 6. The van der Waals surface area contributed by atoms with Gasteiger partial charge in [0.1, 0.15) is 11.6 Å². The monoisotopic (exact) mass is 538 g/mol. The van der Waals surface area contributed by atoms with E-state index in [-0.39, 0.29) is 23.5 Å². The zero-order valence-electron chi connectivity index (χ0n) is 22.7. The molecule has 3 N–H and O–H groups in total. The van der Waals surface area contributed by atoms with Crippen LogP contribution < -0.4 is 16.0 Å². The number of hydrogen-bond donors (Lipinski definition) is 3. The summed E-state index contributed by atoms with van der Waals surface area (Å²) in [6, 6.07) is 1.94. The van der Waals surface area contributed by atoms with Crippen LogP contribution in [0.15, 0.2) is 35.0 Å². The maximum Gasteiger partial charge on any atom is 0.227 e. The summed E-state index contributed by atoms with van der Waals surface area (Å²) in [5.41, 5.74) is 0.562. The van der Waals surface area contributed by atoms with E-state index in [1.54, 1.807) is 27.5 Å². The zero-order valence-corrected chi connectivity index (χ0v) is 22.7. The molecule has 0 aliphatic carbocycles. The summed E-state index contributed by atoms with van der Waals surface area (Å²) in [4.78, 5) is 17.6. The predicted octanol–water partition coefficient (Wildman–Crippen LogP) is 3.08. The highest BCUT2D eigenvalue weighted by molar-refractivity contribution is 5.75. The van der Waals surface area contributed by atoms with Crippen molar-refractivity contribution in [2.75, 3.05) is 63.6 Å². The van der Waals surface area contributed by atoms with Gasteiger partial charge in [-0.2, -0.15) is 15.2 Å². The summed E-state index contributed by atoms with van der Waals surface area (Å²) in [7, 11) is 4.90. The highest BCUT2D eigenvalue weighted by atomic mass is 16.5. The molecule has 0 fully saturated rings. The number of hydrogen-bond acceptors (Lipinski definition) is 14. The van der Waals surface area contributed by atoms with Gasteiger partial charge in [0.05, 0.1) is 25.6 Å². The first kappa shape index (κ1) is 29.3. The van der Waals surface area contributed by atoms with Crippen LogP contribution in [0.5, 0.6) is 0 Å². The largest absolute Gasteiger partial charge is 0.385 e. The predicted molar refractivity (Wildman–Crippen MR) is 145 cm³/mol. The van der Waals surface area contributed by atoms with Crippen molar-refractivity contribution >= 4 is 29.1 Å². The number of ether oxygens (including phenoxy) is 3. The van der Waals surface area contributed by atoms with Crippen LogP contribution in [0.4, 0.5) is 29.1 Å². The lowest BCUT2D eigenvalue weighted by molar-refractivity contribution is 0.190. The Labute approximate surface area is 227 Å². The molecule has 0 aliphatic rings. The average Bonchev–Trinajstić information content (AvgIpc) is 3.34. The molecule has 0 bridgehead atoms. The van der Waals surface area contributed by atoms with Crippen molar-refractivity contribution in [1.82, 2.24) is 29.7 Å². The van der Waals surface area contributed by atoms with Crippen LogP contribution in [0.3, 0.4) is 0 Å². The normalized spacial score (nSPS) is 12.7. The number of methoxy groups -OCH3 is 3. The second kappa shape index (κ2) is 15.2. The van der Waals surface area contributed by atoms with E-state index < -0.39 is 0 Å². The number of nitrogens with one attached hydrogen (secondary N) is 3. The van der Waals surface area contributed by atoms with Gasteiger partial charge in [-0.05, 0) is 20.3 Å². The van der Waals surface area contributed by atoms with Crippen molar-refractivity contribution in [1.29, 1.82) is 5.26 Å². The maximum absolute atomic E-state index is 9.66. The average molecular weight is 539 g/mol. The smallest absolute Gasteiger partial charge is 0.227 e. The van der Waals surface area contributed by atoms with E-state index >= 15 is 0 Å². The first-order valence-electron chi connectivity index (χ1n) is 12.3. The first-order chi connectivity index (χ1) is 19.0. The molecule has 3 aromatic rings. The van der Waals surface area contributed by atoms with Crippen molar-refractivity contribution < 1.29 is 14.2 Å². The van der Waals surface area contributed by atoms with E-state index in [4.69, 9.17) is 14.2 Å². The van der Waals surface area contributed by atoms with Crippen molar-refractivity contribution in [2.45, 2.75) is 32.4 Å². The topological polar surface area (TPSA) is 182 Å². The Balaban J connectivity index is 2.04. The van der Waals surface area contributed by atoms with Gasteiger partial charge in [0.25, 0.3) is 0 Å². The lowest BCUT2D eigenvalue weighted by Crippen LogP contribution is -2.25. The van der Waals surface area contributed by atoms with Gasteiger partial charge in [0, 0.05) is 59.0 Å². The van der Waals surface area contributed by atoms with Crippen molar-refractivity contribution in [3.63, 3.8) is 0 Å². The fraction of sp³-hybridized carbons (Fsp3) is 0.500. The van der Waals surface area contributed by atoms with Crippen LogP contribution in [0.1, 0.15) is 25.8 Å². The molecule has 208 valence electrons. The summed E-state index contributed by atoms with van der Waals surface area (Å²) < 4.78 is 17.1.